The topological polar surface area (TPSA) is 168 Å². The van der Waals surface area contributed by atoms with Crippen molar-refractivity contribution in [2.75, 3.05) is 44.9 Å². The zero-order valence-corrected chi connectivity index (χ0v) is 42.4. The van der Waals surface area contributed by atoms with Crippen LogP contribution in [0.4, 0.5) is 0 Å². The van der Waals surface area contributed by atoms with Crippen LogP contribution in [-0.4, -0.2) is 106 Å². The van der Waals surface area contributed by atoms with E-state index in [1.165, 1.54) is 0 Å². The van der Waals surface area contributed by atoms with Gasteiger partial charge >= 0.3 is 5.97 Å². The third-order valence-corrected chi connectivity index (χ3v) is 19.7. The van der Waals surface area contributed by atoms with Crippen LogP contribution in [0.15, 0.2) is 29.3 Å². The van der Waals surface area contributed by atoms with Gasteiger partial charge in [0.25, 0.3) is 5.91 Å². The lowest BCUT2D eigenvalue weighted by atomic mass is 9.38. The Morgan fingerprint density at radius 1 is 0.985 bits per heavy atom. The molecule has 7 aliphatic rings. The molecule has 1 heterocycles. The molecule has 1 aromatic carbocycles. The molecule has 12 atom stereocenters. The minimum atomic E-state index is -1.33. The van der Waals surface area contributed by atoms with Crippen LogP contribution in [0.1, 0.15) is 130 Å². The number of hydrogen-bond acceptors (Lipinski definition) is 10. The molecule has 6 aliphatic carbocycles. The van der Waals surface area contributed by atoms with Crippen LogP contribution in [0.25, 0.3) is 0 Å². The molecule has 0 aromatic heterocycles. The average molecular weight is 955 g/mol. The summed E-state index contributed by atoms with van der Waals surface area (Å²) >= 11 is 6.36. The van der Waals surface area contributed by atoms with Crippen molar-refractivity contribution < 1.29 is 42.8 Å². The van der Waals surface area contributed by atoms with E-state index in [1.807, 2.05) is 6.92 Å². The standard InChI is InChI=1S/C51H72ClN3O8S.CH4O/c1-29(2)43-39(57)27-51(54-47(60)48(5,6)53-45(58)35-10-9-33(52)26-41(35)62-22-19-55-20-23-64(61)24-21-55)18-14-38-34(44(43)51)11-12-42-49(7)17-15-40(31(4)37(49)13-16-50(38,42)8)63-46(59)36-25-32(28-56)30(36)3;1-2/h9-10,26,28-32,34,36-38,40,42H,11-25,27H2,1-8H3,(H,53,58)(H,54,60);2H,1H3. The van der Waals surface area contributed by atoms with Crippen molar-refractivity contribution >= 4 is 52.3 Å². The van der Waals surface area contributed by atoms with E-state index in [2.05, 4.69) is 50.2 Å². The number of hydrogen-bond donors (Lipinski definition) is 3. The fraction of sp³-hybridized carbons (Fsp3) is 0.750. The highest BCUT2D eigenvalue weighted by Crippen LogP contribution is 2.70. The second kappa shape index (κ2) is 19.7. The van der Waals surface area contributed by atoms with E-state index in [9.17, 15) is 28.2 Å². The summed E-state index contributed by atoms with van der Waals surface area (Å²) in [4.78, 5) is 69.7. The molecule has 8 rings (SSSR count). The number of aliphatic hydroxyl groups is 1. The Morgan fingerprint density at radius 2 is 1.65 bits per heavy atom. The first-order valence-corrected chi connectivity index (χ1v) is 26.6. The molecule has 0 bridgehead atoms. The quantitative estimate of drug-likeness (QED) is 0.142. The number of ketones is 1. The predicted octanol–water partition coefficient (Wildman–Crippen LogP) is 7.35. The molecule has 12 unspecified atom stereocenters. The van der Waals surface area contributed by atoms with Crippen LogP contribution in [0, 0.1) is 64.1 Å². The molecule has 0 spiro atoms. The van der Waals surface area contributed by atoms with Gasteiger partial charge in [-0.05, 0) is 153 Å². The Labute approximate surface area is 400 Å². The second-order valence-electron chi connectivity index (χ2n) is 22.3. The second-order valence-corrected chi connectivity index (χ2v) is 24.4. The van der Waals surface area contributed by atoms with Gasteiger partial charge in [-0.1, -0.05) is 53.1 Å². The maximum Gasteiger partial charge on any atom is 0.309 e. The number of halogens is 1. The molecule has 14 heteroatoms. The minimum absolute atomic E-state index is 0.0137. The SMILES string of the molecule is CC(C)C1=C2C3CCC4C(C)(CCC5C(C)C(OC(=O)C6CC(C=O)C6C)CCC54C)C3CCC2(NC(=O)C(C)(C)NC(=O)c2ccc(Cl)cc2OCCN2CCS(=O)CC2)CC1=O.CO. The number of aldehydes is 1. The Balaban J connectivity index is 0.00000320. The lowest BCUT2D eigenvalue weighted by Crippen LogP contribution is -2.65. The Bertz CT molecular complexity index is 2100. The number of fused-ring (bicyclic) bond motifs is 7. The highest BCUT2D eigenvalue weighted by Gasteiger charge is 2.65. The largest absolute Gasteiger partial charge is 0.491 e. The van der Waals surface area contributed by atoms with Gasteiger partial charge in [-0.15, -0.1) is 0 Å². The van der Waals surface area contributed by atoms with Gasteiger partial charge in [-0.2, -0.15) is 0 Å². The highest BCUT2D eigenvalue weighted by atomic mass is 35.5. The Morgan fingerprint density at radius 3 is 2.32 bits per heavy atom. The summed E-state index contributed by atoms with van der Waals surface area (Å²) < 4.78 is 24.2. The zero-order chi connectivity index (χ0) is 48.1. The molecule has 0 radical (unpaired) electrons. The normalized spacial score (nSPS) is 36.6. The number of nitrogens with zero attached hydrogens (tertiary/aromatic N) is 1. The number of nitrogens with one attached hydrogen (secondary N) is 2. The van der Waals surface area contributed by atoms with E-state index in [0.29, 0.717) is 66.0 Å². The molecule has 1 aliphatic heterocycles. The summed E-state index contributed by atoms with van der Waals surface area (Å²) in [5.41, 5.74) is 0.323. The number of esters is 1. The fourth-order valence-electron chi connectivity index (χ4n) is 14.5. The molecular weight excluding hydrogens is 878 g/mol. The molecule has 3 N–H and O–H groups in total. The number of carbonyl (C=O) groups excluding carboxylic acids is 5. The van der Waals surface area contributed by atoms with Gasteiger partial charge in [-0.25, -0.2) is 0 Å². The van der Waals surface area contributed by atoms with Crippen molar-refractivity contribution in [3.63, 3.8) is 0 Å². The third kappa shape index (κ3) is 9.22. The van der Waals surface area contributed by atoms with Crippen LogP contribution in [0.3, 0.4) is 0 Å². The summed E-state index contributed by atoms with van der Waals surface area (Å²) in [5.74, 6) is 2.39. The summed E-state index contributed by atoms with van der Waals surface area (Å²) in [7, 11) is 0.226. The van der Waals surface area contributed by atoms with Gasteiger partial charge < -0.3 is 30.0 Å². The van der Waals surface area contributed by atoms with Crippen molar-refractivity contribution in [3.8, 4) is 5.75 Å². The number of rotatable bonds is 12. The number of amides is 2. The lowest BCUT2D eigenvalue weighted by molar-refractivity contribution is -0.195. The van der Waals surface area contributed by atoms with E-state index >= 15 is 0 Å². The molecule has 2 amide bonds. The lowest BCUT2D eigenvalue weighted by Gasteiger charge is -2.67. The van der Waals surface area contributed by atoms with Crippen molar-refractivity contribution in [1.82, 2.24) is 15.5 Å². The Kier molecular flexibility index (Phi) is 15.1. The van der Waals surface area contributed by atoms with Gasteiger partial charge in [0.2, 0.25) is 5.91 Å². The first-order chi connectivity index (χ1) is 31.2. The summed E-state index contributed by atoms with van der Waals surface area (Å²) in [6.07, 6.45) is 9.33. The van der Waals surface area contributed by atoms with Gasteiger partial charge in [-0.3, -0.25) is 28.3 Å². The van der Waals surface area contributed by atoms with Crippen molar-refractivity contribution in [1.29, 1.82) is 0 Å². The molecule has 366 valence electrons. The molecule has 1 aromatic rings. The fourth-order valence-corrected chi connectivity index (χ4v) is 15.8. The van der Waals surface area contributed by atoms with E-state index in [4.69, 9.17) is 26.2 Å². The monoisotopic (exact) mass is 953 g/mol. The first-order valence-electron chi connectivity index (χ1n) is 24.8. The van der Waals surface area contributed by atoms with Crippen LogP contribution < -0.4 is 15.4 Å². The number of Topliss-reactive ketones (excluding diaryl/α,β-unsaturated/α-hetero) is 1. The zero-order valence-electron chi connectivity index (χ0n) is 40.8. The van der Waals surface area contributed by atoms with Crippen molar-refractivity contribution in [3.05, 3.63) is 39.9 Å². The van der Waals surface area contributed by atoms with E-state index in [-0.39, 0.29) is 82.1 Å². The number of aliphatic hydroxyl groups excluding tert-OH is 1. The number of carbonyl (C=O) groups is 5. The average Bonchev–Trinajstić information content (AvgIpc) is 3.57. The van der Waals surface area contributed by atoms with E-state index < -0.39 is 27.8 Å². The minimum Gasteiger partial charge on any atom is -0.491 e. The van der Waals surface area contributed by atoms with Crippen molar-refractivity contribution in [2.45, 2.75) is 137 Å². The molecule has 66 heavy (non-hydrogen) atoms. The first kappa shape index (κ1) is 50.7. The molecule has 5 saturated carbocycles. The maximum atomic E-state index is 14.6. The van der Waals surface area contributed by atoms with Gasteiger partial charge in [0.15, 0.2) is 5.78 Å². The number of benzene rings is 1. The number of allylic oxidation sites excluding steroid dienone is 1. The van der Waals surface area contributed by atoms with Gasteiger partial charge in [0.1, 0.15) is 30.3 Å². The summed E-state index contributed by atoms with van der Waals surface area (Å²) in [6, 6.07) is 4.87. The molecule has 1 saturated heterocycles. The Hall–Kier alpha value is -3.13. The van der Waals surface area contributed by atoms with Crippen LogP contribution in [0.5, 0.6) is 5.75 Å². The maximum absolute atomic E-state index is 14.6. The van der Waals surface area contributed by atoms with Crippen molar-refractivity contribution in [2.24, 2.45) is 64.1 Å². The van der Waals surface area contributed by atoms with E-state index in [1.54, 1.807) is 32.0 Å². The number of ether oxygens (including phenoxy) is 2. The molecular formula is C52H76ClN3O9S. The predicted molar refractivity (Wildman–Crippen MR) is 256 cm³/mol. The smallest absolute Gasteiger partial charge is 0.309 e. The van der Waals surface area contributed by atoms with Crippen LogP contribution in [0.2, 0.25) is 5.02 Å². The van der Waals surface area contributed by atoms with Crippen LogP contribution in [-0.2, 0) is 34.7 Å². The van der Waals surface area contributed by atoms with Gasteiger partial charge in [0, 0.05) is 66.4 Å². The van der Waals surface area contributed by atoms with Gasteiger partial charge in [0.05, 0.1) is 17.0 Å². The van der Waals surface area contributed by atoms with Crippen LogP contribution >= 0.6 is 11.6 Å². The van der Waals surface area contributed by atoms with E-state index in [0.717, 1.165) is 82.6 Å². The highest BCUT2D eigenvalue weighted by molar-refractivity contribution is 7.85. The summed E-state index contributed by atoms with van der Waals surface area (Å²) in [6.45, 7) is 19.4. The molecule has 6 fully saturated rings. The molecule has 12 nitrogen and oxygen atoms in total. The third-order valence-electron chi connectivity index (χ3n) is 18.2. The summed E-state index contributed by atoms with van der Waals surface area (Å²) in [5, 5.41) is 13.9.